The van der Waals surface area contributed by atoms with E-state index < -0.39 is 10.1 Å². The Bertz CT molecular complexity index is 184. The van der Waals surface area contributed by atoms with Crippen molar-refractivity contribution >= 4 is 10.1 Å². The molecule has 0 amide bonds. The van der Waals surface area contributed by atoms with E-state index in [4.69, 9.17) is 0 Å². The summed E-state index contributed by atoms with van der Waals surface area (Å²) in [6, 6.07) is 0. The van der Waals surface area contributed by atoms with Crippen molar-refractivity contribution in [2.45, 2.75) is 39.5 Å². The van der Waals surface area contributed by atoms with Gasteiger partial charge >= 0.3 is 0 Å². The van der Waals surface area contributed by atoms with Gasteiger partial charge in [0, 0.05) is 0 Å². The molecule has 4 heteroatoms. The fraction of sp³-hybridized carbons (Fsp3) is 1.00. The van der Waals surface area contributed by atoms with E-state index in [1.54, 1.807) is 6.92 Å². The van der Waals surface area contributed by atoms with Gasteiger partial charge in [0.1, 0.15) is 0 Å². The maximum atomic E-state index is 11.0. The number of hydrogen-bond acceptors (Lipinski definition) is 3. The fourth-order valence-corrected chi connectivity index (χ4v) is 1.98. The van der Waals surface area contributed by atoms with Crippen LogP contribution < -0.4 is 0 Å². The summed E-state index contributed by atoms with van der Waals surface area (Å²) in [5.74, 6) is 0.167. The van der Waals surface area contributed by atoms with E-state index in [1.165, 1.54) is 0 Å². The van der Waals surface area contributed by atoms with Crippen LogP contribution in [0.3, 0.4) is 0 Å². The molecule has 0 N–H and O–H groups in total. The van der Waals surface area contributed by atoms with E-state index in [-0.39, 0.29) is 12.4 Å². The SMILES string of the molecule is CCCCCCS(=O)(=O)OCC. The molecule has 0 atom stereocenters. The normalized spacial score (nSPS) is 11.8. The highest BCUT2D eigenvalue weighted by molar-refractivity contribution is 7.86. The monoisotopic (exact) mass is 194 g/mol. The summed E-state index contributed by atoms with van der Waals surface area (Å²) in [5.41, 5.74) is 0. The van der Waals surface area contributed by atoms with Crippen molar-refractivity contribution in [3.05, 3.63) is 0 Å². The Balaban J connectivity index is 3.48. The first-order valence-corrected chi connectivity index (χ1v) is 6.07. The van der Waals surface area contributed by atoms with Crippen LogP contribution in [0.2, 0.25) is 0 Å². The summed E-state index contributed by atoms with van der Waals surface area (Å²) < 4.78 is 26.5. The minimum Gasteiger partial charge on any atom is -0.270 e. The Morgan fingerprint density at radius 2 is 1.75 bits per heavy atom. The molecule has 12 heavy (non-hydrogen) atoms. The van der Waals surface area contributed by atoms with Gasteiger partial charge in [-0.05, 0) is 13.3 Å². The second-order valence-corrected chi connectivity index (χ2v) is 4.49. The molecule has 0 saturated heterocycles. The lowest BCUT2D eigenvalue weighted by Crippen LogP contribution is -2.10. The third-order valence-corrected chi connectivity index (χ3v) is 2.93. The smallest absolute Gasteiger partial charge is 0.267 e. The molecule has 0 fully saturated rings. The van der Waals surface area contributed by atoms with Crippen molar-refractivity contribution in [3.63, 3.8) is 0 Å². The quantitative estimate of drug-likeness (QED) is 0.459. The molecule has 0 aromatic carbocycles. The molecule has 0 spiro atoms. The molecule has 0 aliphatic carbocycles. The average Bonchev–Trinajstić information content (AvgIpc) is 1.98. The Morgan fingerprint density at radius 1 is 1.08 bits per heavy atom. The topological polar surface area (TPSA) is 43.4 Å². The molecule has 0 aliphatic heterocycles. The summed E-state index contributed by atoms with van der Waals surface area (Å²) in [5, 5.41) is 0. The molecular weight excluding hydrogens is 176 g/mol. The third kappa shape index (κ3) is 6.61. The Hall–Kier alpha value is -0.0900. The van der Waals surface area contributed by atoms with Crippen molar-refractivity contribution in [1.82, 2.24) is 0 Å². The van der Waals surface area contributed by atoms with Crippen LogP contribution in [-0.2, 0) is 14.3 Å². The summed E-state index contributed by atoms with van der Waals surface area (Å²) in [4.78, 5) is 0. The summed E-state index contributed by atoms with van der Waals surface area (Å²) >= 11 is 0. The van der Waals surface area contributed by atoms with Gasteiger partial charge in [-0.15, -0.1) is 0 Å². The average molecular weight is 194 g/mol. The maximum Gasteiger partial charge on any atom is 0.267 e. The van der Waals surface area contributed by atoms with Crippen molar-refractivity contribution in [1.29, 1.82) is 0 Å². The fourth-order valence-electron chi connectivity index (χ4n) is 0.944. The van der Waals surface area contributed by atoms with Gasteiger partial charge in [-0.25, -0.2) is 0 Å². The largest absolute Gasteiger partial charge is 0.270 e. The van der Waals surface area contributed by atoms with Crippen LogP contribution in [0, 0.1) is 0 Å². The van der Waals surface area contributed by atoms with Crippen molar-refractivity contribution in [2.75, 3.05) is 12.4 Å². The second kappa shape index (κ2) is 6.43. The van der Waals surface area contributed by atoms with Crippen LogP contribution in [0.1, 0.15) is 39.5 Å². The van der Waals surface area contributed by atoms with Gasteiger partial charge in [-0.1, -0.05) is 26.2 Å². The van der Waals surface area contributed by atoms with E-state index in [9.17, 15) is 8.42 Å². The van der Waals surface area contributed by atoms with E-state index in [2.05, 4.69) is 11.1 Å². The van der Waals surface area contributed by atoms with Crippen LogP contribution in [-0.4, -0.2) is 20.8 Å². The zero-order valence-corrected chi connectivity index (χ0v) is 8.69. The van der Waals surface area contributed by atoms with E-state index in [0.29, 0.717) is 0 Å². The molecule has 0 rings (SSSR count). The van der Waals surface area contributed by atoms with Gasteiger partial charge in [0.05, 0.1) is 12.4 Å². The van der Waals surface area contributed by atoms with Gasteiger partial charge in [0.25, 0.3) is 10.1 Å². The number of rotatable bonds is 7. The Labute approximate surface area is 75.2 Å². The molecule has 0 bridgehead atoms. The highest BCUT2D eigenvalue weighted by atomic mass is 32.2. The van der Waals surface area contributed by atoms with Gasteiger partial charge < -0.3 is 0 Å². The van der Waals surface area contributed by atoms with E-state index in [1.807, 2.05) is 0 Å². The number of hydrogen-bond donors (Lipinski definition) is 0. The minimum atomic E-state index is -3.21. The third-order valence-electron chi connectivity index (χ3n) is 1.55. The number of unbranched alkanes of at least 4 members (excludes halogenated alkanes) is 3. The standard InChI is InChI=1S/C8H18O3S/c1-3-5-6-7-8-12(9,10)11-4-2/h3-8H2,1-2H3. The molecule has 0 radical (unpaired) electrons. The Morgan fingerprint density at radius 3 is 2.25 bits per heavy atom. The Kier molecular flexibility index (Phi) is 6.38. The van der Waals surface area contributed by atoms with E-state index >= 15 is 0 Å². The van der Waals surface area contributed by atoms with Crippen LogP contribution in [0.4, 0.5) is 0 Å². The lowest BCUT2D eigenvalue weighted by atomic mass is 10.2. The van der Waals surface area contributed by atoms with Crippen LogP contribution in [0.15, 0.2) is 0 Å². The predicted molar refractivity (Wildman–Crippen MR) is 49.6 cm³/mol. The first-order chi connectivity index (χ1) is 5.62. The lowest BCUT2D eigenvalue weighted by molar-refractivity contribution is 0.337. The maximum absolute atomic E-state index is 11.0. The molecule has 0 heterocycles. The molecule has 3 nitrogen and oxygen atoms in total. The lowest BCUT2D eigenvalue weighted by Gasteiger charge is -2.01. The molecule has 74 valence electrons. The van der Waals surface area contributed by atoms with Gasteiger partial charge in [0.2, 0.25) is 0 Å². The van der Waals surface area contributed by atoms with Crippen molar-refractivity contribution < 1.29 is 12.6 Å². The first-order valence-electron chi connectivity index (χ1n) is 4.49. The molecule has 0 unspecified atom stereocenters. The molecule has 0 saturated carbocycles. The van der Waals surface area contributed by atoms with Crippen molar-refractivity contribution in [2.24, 2.45) is 0 Å². The summed E-state index contributed by atoms with van der Waals surface area (Å²) in [6.45, 7) is 4.02. The van der Waals surface area contributed by atoms with E-state index in [0.717, 1.165) is 25.7 Å². The zero-order valence-electron chi connectivity index (χ0n) is 7.88. The van der Waals surface area contributed by atoms with Gasteiger partial charge in [-0.3, -0.25) is 4.18 Å². The molecule has 0 aromatic rings. The van der Waals surface area contributed by atoms with Crippen LogP contribution in [0.25, 0.3) is 0 Å². The summed E-state index contributed by atoms with van der Waals surface area (Å²) in [6.07, 6.45) is 3.91. The predicted octanol–water partition coefficient (Wildman–Crippen LogP) is 1.93. The first kappa shape index (κ1) is 11.9. The van der Waals surface area contributed by atoms with Gasteiger partial charge in [0.15, 0.2) is 0 Å². The second-order valence-electron chi connectivity index (χ2n) is 2.73. The van der Waals surface area contributed by atoms with Crippen LogP contribution >= 0.6 is 0 Å². The van der Waals surface area contributed by atoms with Crippen molar-refractivity contribution in [3.8, 4) is 0 Å². The van der Waals surface area contributed by atoms with Gasteiger partial charge in [-0.2, -0.15) is 8.42 Å². The van der Waals surface area contributed by atoms with Crippen LogP contribution in [0.5, 0.6) is 0 Å². The highest BCUT2D eigenvalue weighted by Crippen LogP contribution is 2.03. The highest BCUT2D eigenvalue weighted by Gasteiger charge is 2.08. The summed E-state index contributed by atoms with van der Waals surface area (Å²) in [7, 11) is -3.21. The molecule has 0 aromatic heterocycles. The zero-order chi connectivity index (χ0) is 9.45. The minimum absolute atomic E-state index is 0.167. The molecular formula is C8H18O3S. The molecule has 0 aliphatic rings.